The van der Waals surface area contributed by atoms with E-state index in [1.165, 1.54) is 49.8 Å². The lowest BCUT2D eigenvalue weighted by molar-refractivity contribution is 0.238. The van der Waals surface area contributed by atoms with Crippen LogP contribution in [0.2, 0.25) is 0 Å². The van der Waals surface area contributed by atoms with E-state index in [1.807, 2.05) is 0 Å². The highest BCUT2D eigenvalue weighted by atomic mass is 15.4. The predicted octanol–water partition coefficient (Wildman–Crippen LogP) is 3.86. The molecule has 0 atom stereocenters. The van der Waals surface area contributed by atoms with Gasteiger partial charge in [-0.1, -0.05) is 38.0 Å². The van der Waals surface area contributed by atoms with E-state index in [0.29, 0.717) is 5.96 Å². The lowest BCUT2D eigenvalue weighted by atomic mass is 9.74. The molecule has 1 aromatic rings. The van der Waals surface area contributed by atoms with Gasteiger partial charge in [0, 0.05) is 5.69 Å². The summed E-state index contributed by atoms with van der Waals surface area (Å²) in [6.45, 7) is 5.32. The molecule has 1 aliphatic carbocycles. The molecule has 1 spiro atoms. The third-order valence-electron chi connectivity index (χ3n) is 5.33. The lowest BCUT2D eigenvalue weighted by Crippen LogP contribution is -2.54. The number of anilines is 1. The second-order valence-corrected chi connectivity index (χ2v) is 6.75. The first kappa shape index (κ1) is 14.4. The smallest absolute Gasteiger partial charge is 0.196 e. The van der Waals surface area contributed by atoms with Crippen LogP contribution in [-0.2, 0) is 0 Å². The van der Waals surface area contributed by atoms with Crippen LogP contribution >= 0.6 is 0 Å². The number of guanidine groups is 1. The molecule has 3 nitrogen and oxygen atoms in total. The van der Waals surface area contributed by atoms with Crippen molar-refractivity contribution >= 4 is 11.6 Å². The maximum Gasteiger partial charge on any atom is 0.196 e. The molecule has 0 unspecified atom stereocenters. The topological polar surface area (TPSA) is 41.6 Å². The van der Waals surface area contributed by atoms with Crippen molar-refractivity contribution in [2.75, 3.05) is 11.4 Å². The zero-order valence-corrected chi connectivity index (χ0v) is 13.3. The van der Waals surface area contributed by atoms with Crippen molar-refractivity contribution in [3.8, 4) is 0 Å². The fourth-order valence-corrected chi connectivity index (χ4v) is 4.10. The second-order valence-electron chi connectivity index (χ2n) is 6.75. The molecule has 0 aromatic heterocycles. The molecule has 2 N–H and O–H groups in total. The quantitative estimate of drug-likeness (QED) is 0.916. The number of aliphatic imine (C=N–C) groups is 1. The number of nitrogens with two attached hydrogens (primary N) is 1. The summed E-state index contributed by atoms with van der Waals surface area (Å²) in [7, 11) is 0. The van der Waals surface area contributed by atoms with Crippen molar-refractivity contribution in [3.63, 3.8) is 0 Å². The van der Waals surface area contributed by atoms with E-state index in [0.717, 1.165) is 12.5 Å². The van der Waals surface area contributed by atoms with E-state index in [4.69, 9.17) is 5.73 Å². The fraction of sp³-hybridized carbons (Fsp3) is 0.611. The molecule has 0 amide bonds. The molecule has 0 saturated heterocycles. The minimum absolute atomic E-state index is 0.139. The molecule has 1 fully saturated rings. The van der Waals surface area contributed by atoms with Crippen LogP contribution in [0.4, 0.5) is 5.69 Å². The molecule has 21 heavy (non-hydrogen) atoms. The summed E-state index contributed by atoms with van der Waals surface area (Å²) in [5.41, 5.74) is 8.92. The second kappa shape index (κ2) is 5.70. The van der Waals surface area contributed by atoms with Crippen LogP contribution in [0.3, 0.4) is 0 Å². The van der Waals surface area contributed by atoms with Crippen molar-refractivity contribution < 1.29 is 0 Å². The number of hydrogen-bond donors (Lipinski definition) is 1. The summed E-state index contributed by atoms with van der Waals surface area (Å²) >= 11 is 0. The van der Waals surface area contributed by atoms with Gasteiger partial charge in [0.05, 0.1) is 12.1 Å². The first-order chi connectivity index (χ1) is 10.2. The molecule has 1 aromatic carbocycles. The molecule has 2 aliphatic rings. The van der Waals surface area contributed by atoms with E-state index >= 15 is 0 Å². The predicted molar refractivity (Wildman–Crippen MR) is 89.7 cm³/mol. The van der Waals surface area contributed by atoms with Gasteiger partial charge >= 0.3 is 0 Å². The molecule has 3 heteroatoms. The van der Waals surface area contributed by atoms with E-state index in [2.05, 4.69) is 48.0 Å². The zero-order valence-electron chi connectivity index (χ0n) is 13.3. The highest BCUT2D eigenvalue weighted by molar-refractivity contribution is 5.99. The van der Waals surface area contributed by atoms with Crippen LogP contribution in [0.25, 0.3) is 0 Å². The standard InChI is InChI=1S/C18H27N3/c1-3-6-15-9-11-18(12-10-15)13-20-17(19)21(18)16-8-5-4-7-14(16)2/h4-5,7-8,15H,3,6,9-13H2,1-2H3,(H2,19,20). The van der Waals surface area contributed by atoms with Crippen LogP contribution in [0.15, 0.2) is 29.3 Å². The number of para-hydroxylation sites is 1. The molecular weight excluding hydrogens is 258 g/mol. The molecule has 0 bridgehead atoms. The Balaban J connectivity index is 1.85. The van der Waals surface area contributed by atoms with Gasteiger partial charge in [-0.2, -0.15) is 0 Å². The van der Waals surface area contributed by atoms with Crippen molar-refractivity contribution in [1.82, 2.24) is 0 Å². The average molecular weight is 285 g/mol. The largest absolute Gasteiger partial charge is 0.369 e. The van der Waals surface area contributed by atoms with Gasteiger partial charge in [0.25, 0.3) is 0 Å². The Morgan fingerprint density at radius 2 is 2.00 bits per heavy atom. The first-order valence-corrected chi connectivity index (χ1v) is 8.32. The minimum Gasteiger partial charge on any atom is -0.369 e. The molecule has 3 rings (SSSR count). The summed E-state index contributed by atoms with van der Waals surface area (Å²) in [5, 5.41) is 0. The van der Waals surface area contributed by atoms with E-state index in [9.17, 15) is 0 Å². The number of hydrogen-bond acceptors (Lipinski definition) is 3. The van der Waals surface area contributed by atoms with Gasteiger partial charge in [0.1, 0.15) is 0 Å². The summed E-state index contributed by atoms with van der Waals surface area (Å²) in [5.74, 6) is 1.61. The molecule has 1 aliphatic heterocycles. The Morgan fingerprint density at radius 1 is 1.29 bits per heavy atom. The highest BCUT2D eigenvalue weighted by Gasteiger charge is 2.45. The third kappa shape index (κ3) is 2.54. The van der Waals surface area contributed by atoms with Gasteiger partial charge in [-0.05, 0) is 50.2 Å². The number of rotatable bonds is 3. The summed E-state index contributed by atoms with van der Waals surface area (Å²) in [6.07, 6.45) is 7.75. The van der Waals surface area contributed by atoms with E-state index < -0.39 is 0 Å². The number of nitrogens with zero attached hydrogens (tertiary/aromatic N) is 2. The van der Waals surface area contributed by atoms with Crippen LogP contribution in [-0.4, -0.2) is 18.0 Å². The Hall–Kier alpha value is -1.51. The van der Waals surface area contributed by atoms with E-state index in [-0.39, 0.29) is 5.54 Å². The van der Waals surface area contributed by atoms with Gasteiger partial charge in [-0.3, -0.25) is 4.99 Å². The first-order valence-electron chi connectivity index (χ1n) is 8.32. The third-order valence-corrected chi connectivity index (χ3v) is 5.33. The summed E-state index contributed by atoms with van der Waals surface area (Å²) in [6, 6.07) is 8.54. The van der Waals surface area contributed by atoms with Crippen LogP contribution < -0.4 is 10.6 Å². The maximum atomic E-state index is 6.25. The van der Waals surface area contributed by atoms with Crippen molar-refractivity contribution in [2.45, 2.75) is 57.9 Å². The highest BCUT2D eigenvalue weighted by Crippen LogP contribution is 2.43. The Bertz CT molecular complexity index is 527. The van der Waals surface area contributed by atoms with Gasteiger partial charge in [-0.15, -0.1) is 0 Å². The minimum atomic E-state index is 0.139. The average Bonchev–Trinajstić information content (AvgIpc) is 2.80. The maximum absolute atomic E-state index is 6.25. The van der Waals surface area contributed by atoms with Gasteiger partial charge in [0.15, 0.2) is 5.96 Å². The lowest BCUT2D eigenvalue weighted by Gasteiger charge is -2.44. The van der Waals surface area contributed by atoms with Gasteiger partial charge in [-0.25, -0.2) is 0 Å². The van der Waals surface area contributed by atoms with Crippen LogP contribution in [0.5, 0.6) is 0 Å². The molecule has 1 heterocycles. The SMILES string of the molecule is CCCC1CCC2(CC1)CN=C(N)N2c1ccccc1C. The molecule has 1 saturated carbocycles. The monoisotopic (exact) mass is 285 g/mol. The summed E-state index contributed by atoms with van der Waals surface area (Å²) in [4.78, 5) is 6.94. The van der Waals surface area contributed by atoms with Gasteiger partial charge in [0.2, 0.25) is 0 Å². The van der Waals surface area contributed by atoms with Crippen molar-refractivity contribution in [2.24, 2.45) is 16.6 Å². The number of benzene rings is 1. The molecule has 0 radical (unpaired) electrons. The zero-order chi connectivity index (χ0) is 14.9. The van der Waals surface area contributed by atoms with Crippen LogP contribution in [0.1, 0.15) is 51.0 Å². The van der Waals surface area contributed by atoms with Gasteiger partial charge < -0.3 is 10.6 Å². The molecular formula is C18H27N3. The normalized spacial score (nSPS) is 29.0. The molecule has 114 valence electrons. The van der Waals surface area contributed by atoms with Crippen molar-refractivity contribution in [3.05, 3.63) is 29.8 Å². The summed E-state index contributed by atoms with van der Waals surface area (Å²) < 4.78 is 0. The Morgan fingerprint density at radius 3 is 2.67 bits per heavy atom. The Labute approximate surface area is 128 Å². The van der Waals surface area contributed by atoms with Crippen LogP contribution in [0, 0.1) is 12.8 Å². The van der Waals surface area contributed by atoms with E-state index in [1.54, 1.807) is 0 Å². The van der Waals surface area contributed by atoms with Crippen molar-refractivity contribution in [1.29, 1.82) is 0 Å². The fourth-order valence-electron chi connectivity index (χ4n) is 4.10. The number of aryl methyl sites for hydroxylation is 1. The Kier molecular flexibility index (Phi) is 3.92.